The fourth-order valence-electron chi connectivity index (χ4n) is 1.77. The van der Waals surface area contributed by atoms with Crippen LogP contribution < -0.4 is 0 Å². The van der Waals surface area contributed by atoms with Crippen LogP contribution in [0.4, 0.5) is 9.18 Å². The number of amides is 1. The second-order valence-electron chi connectivity index (χ2n) is 5.64. The molecule has 0 radical (unpaired) electrons. The Balaban J connectivity index is 2.05. The molecule has 0 spiro atoms. The van der Waals surface area contributed by atoms with Gasteiger partial charge in [0.15, 0.2) is 0 Å². The van der Waals surface area contributed by atoms with E-state index in [0.717, 1.165) is 17.8 Å². The highest BCUT2D eigenvalue weighted by molar-refractivity contribution is 7.93. The quantitative estimate of drug-likeness (QED) is 0.470. The molecule has 0 aliphatic carbocycles. The van der Waals surface area contributed by atoms with Crippen molar-refractivity contribution in [3.63, 3.8) is 0 Å². The summed E-state index contributed by atoms with van der Waals surface area (Å²) in [5, 5.41) is -0.0390. The lowest BCUT2D eigenvalue weighted by Crippen LogP contribution is -2.38. The maximum atomic E-state index is 13.0. The summed E-state index contributed by atoms with van der Waals surface area (Å²) in [6, 6.07) is 1.29. The first-order valence-electron chi connectivity index (χ1n) is 6.38. The Labute approximate surface area is 132 Å². The molecule has 0 N–H and O–H groups in total. The standard InChI is InChI=1S/C13H16ClFN2O3S/c1-13(2,3)20-12(18)17-9(7-19-21-17)4-8-5-10(14)11(15)16-6-8/h5-6,9H,4,7H2,1-3H3/t9-/m0/s1. The van der Waals surface area contributed by atoms with Gasteiger partial charge in [0, 0.05) is 6.20 Å². The third-order valence-electron chi connectivity index (χ3n) is 2.62. The van der Waals surface area contributed by atoms with E-state index in [-0.39, 0.29) is 11.1 Å². The van der Waals surface area contributed by atoms with Gasteiger partial charge in [0.05, 0.1) is 17.7 Å². The van der Waals surface area contributed by atoms with Gasteiger partial charge in [-0.25, -0.2) is 14.1 Å². The van der Waals surface area contributed by atoms with Gasteiger partial charge >= 0.3 is 6.09 Å². The molecule has 2 rings (SSSR count). The van der Waals surface area contributed by atoms with Crippen molar-refractivity contribution in [3.05, 3.63) is 28.8 Å². The number of halogens is 2. The predicted molar refractivity (Wildman–Crippen MR) is 78.3 cm³/mol. The number of rotatable bonds is 2. The number of nitrogens with zero attached hydrogens (tertiary/aromatic N) is 2. The molecule has 1 aromatic heterocycles. The Morgan fingerprint density at radius 2 is 2.38 bits per heavy atom. The number of pyridine rings is 1. The second kappa shape index (κ2) is 6.37. The Hall–Kier alpha value is -1.05. The Kier molecular flexibility index (Phi) is 4.95. The van der Waals surface area contributed by atoms with Gasteiger partial charge in [-0.15, -0.1) is 0 Å². The molecule has 0 aromatic carbocycles. The van der Waals surface area contributed by atoms with E-state index >= 15 is 0 Å². The Morgan fingerprint density at radius 1 is 1.67 bits per heavy atom. The minimum Gasteiger partial charge on any atom is -0.443 e. The molecule has 5 nitrogen and oxygen atoms in total. The molecule has 1 aromatic rings. The number of aromatic nitrogens is 1. The van der Waals surface area contributed by atoms with Crippen LogP contribution in [-0.2, 0) is 15.3 Å². The van der Waals surface area contributed by atoms with Crippen molar-refractivity contribution in [1.29, 1.82) is 0 Å². The summed E-state index contributed by atoms with van der Waals surface area (Å²) in [4.78, 5) is 15.7. The highest BCUT2D eigenvalue weighted by atomic mass is 35.5. The van der Waals surface area contributed by atoms with Crippen LogP contribution in [0.1, 0.15) is 26.3 Å². The van der Waals surface area contributed by atoms with Crippen molar-refractivity contribution in [2.24, 2.45) is 0 Å². The summed E-state index contributed by atoms with van der Waals surface area (Å²) in [5.41, 5.74) is 0.150. The smallest absolute Gasteiger partial charge is 0.422 e. The summed E-state index contributed by atoms with van der Waals surface area (Å²) in [7, 11) is 0. The minimum absolute atomic E-state index is 0.0390. The van der Waals surface area contributed by atoms with Gasteiger partial charge in [-0.1, -0.05) is 11.6 Å². The normalized spacial score (nSPS) is 18.9. The fraction of sp³-hybridized carbons (Fsp3) is 0.538. The third-order valence-corrected chi connectivity index (χ3v) is 3.74. The summed E-state index contributed by atoms with van der Waals surface area (Å²) in [6.45, 7) is 5.75. The first kappa shape index (κ1) is 16.3. The zero-order chi connectivity index (χ0) is 15.6. The van der Waals surface area contributed by atoms with Crippen LogP contribution in [0, 0.1) is 5.95 Å². The maximum absolute atomic E-state index is 13.0. The van der Waals surface area contributed by atoms with Crippen LogP contribution in [0.25, 0.3) is 0 Å². The average molecular weight is 335 g/mol. The van der Waals surface area contributed by atoms with Gasteiger partial charge in [-0.05, 0) is 38.8 Å². The van der Waals surface area contributed by atoms with Crippen LogP contribution in [-0.4, -0.2) is 33.6 Å². The lowest BCUT2D eigenvalue weighted by molar-refractivity contribution is 0.0368. The number of carbonyl (C=O) groups excluding carboxylic acids is 1. The molecule has 21 heavy (non-hydrogen) atoms. The lowest BCUT2D eigenvalue weighted by atomic mass is 10.1. The van der Waals surface area contributed by atoms with Crippen LogP contribution in [0.5, 0.6) is 0 Å². The highest BCUT2D eigenvalue weighted by Gasteiger charge is 2.35. The van der Waals surface area contributed by atoms with Crippen molar-refractivity contribution in [2.45, 2.75) is 38.8 Å². The highest BCUT2D eigenvalue weighted by Crippen LogP contribution is 2.29. The molecule has 0 unspecified atom stereocenters. The molecule has 8 heteroatoms. The number of hydrogen-bond donors (Lipinski definition) is 0. The van der Waals surface area contributed by atoms with Gasteiger partial charge in [-0.3, -0.25) is 4.18 Å². The van der Waals surface area contributed by atoms with Gasteiger partial charge in [0.2, 0.25) is 5.95 Å². The topological polar surface area (TPSA) is 51.7 Å². The number of carbonyl (C=O) groups is 1. The third kappa shape index (κ3) is 4.46. The zero-order valence-electron chi connectivity index (χ0n) is 11.9. The molecule has 1 aliphatic heterocycles. The fourth-order valence-corrected chi connectivity index (χ4v) is 2.64. The van der Waals surface area contributed by atoms with E-state index < -0.39 is 17.6 Å². The molecule has 2 heterocycles. The zero-order valence-corrected chi connectivity index (χ0v) is 13.5. The molecular weight excluding hydrogens is 319 g/mol. The molecular formula is C13H16ClFN2O3S. The van der Waals surface area contributed by atoms with E-state index in [0.29, 0.717) is 13.0 Å². The predicted octanol–water partition coefficient (Wildman–Crippen LogP) is 3.62. The molecule has 1 fully saturated rings. The van der Waals surface area contributed by atoms with Crippen LogP contribution in [0.2, 0.25) is 5.02 Å². The molecule has 116 valence electrons. The molecule has 1 atom stereocenters. The molecule has 1 saturated heterocycles. The van der Waals surface area contributed by atoms with Crippen molar-refractivity contribution >= 4 is 29.9 Å². The van der Waals surface area contributed by atoms with Crippen molar-refractivity contribution in [2.75, 3.05) is 6.61 Å². The molecule has 0 bridgehead atoms. The van der Waals surface area contributed by atoms with Gasteiger partial charge in [-0.2, -0.15) is 4.39 Å². The van der Waals surface area contributed by atoms with Crippen LogP contribution in [0.3, 0.4) is 0 Å². The summed E-state index contributed by atoms with van der Waals surface area (Å²) in [6.07, 6.45) is 1.40. The van der Waals surface area contributed by atoms with E-state index in [1.54, 1.807) is 20.8 Å². The minimum atomic E-state index is -0.707. The first-order chi connectivity index (χ1) is 9.76. The Bertz CT molecular complexity index is 539. The van der Waals surface area contributed by atoms with Crippen LogP contribution in [0.15, 0.2) is 12.3 Å². The summed E-state index contributed by atoms with van der Waals surface area (Å²) < 4.78 is 25.0. The van der Waals surface area contributed by atoms with E-state index in [1.807, 2.05) is 0 Å². The van der Waals surface area contributed by atoms with E-state index in [2.05, 4.69) is 4.98 Å². The largest absolute Gasteiger partial charge is 0.443 e. The maximum Gasteiger partial charge on any atom is 0.422 e. The molecule has 1 amide bonds. The molecule has 1 aliphatic rings. The van der Waals surface area contributed by atoms with E-state index in [4.69, 9.17) is 20.5 Å². The van der Waals surface area contributed by atoms with E-state index in [1.165, 1.54) is 16.6 Å². The summed E-state index contributed by atoms with van der Waals surface area (Å²) >= 11 is 6.66. The number of ether oxygens (including phenoxy) is 1. The summed E-state index contributed by atoms with van der Waals surface area (Å²) in [5.74, 6) is -0.707. The van der Waals surface area contributed by atoms with Crippen molar-refractivity contribution in [1.82, 2.24) is 9.29 Å². The molecule has 0 saturated carbocycles. The lowest BCUT2D eigenvalue weighted by Gasteiger charge is -2.25. The average Bonchev–Trinajstić information content (AvgIpc) is 2.80. The van der Waals surface area contributed by atoms with Gasteiger partial charge < -0.3 is 4.74 Å². The second-order valence-corrected chi connectivity index (χ2v) is 6.82. The van der Waals surface area contributed by atoms with Crippen LogP contribution >= 0.6 is 23.8 Å². The monoisotopic (exact) mass is 334 g/mol. The van der Waals surface area contributed by atoms with Gasteiger partial charge in [0.1, 0.15) is 17.8 Å². The Morgan fingerprint density at radius 3 is 3.00 bits per heavy atom. The van der Waals surface area contributed by atoms with Crippen molar-refractivity contribution in [3.8, 4) is 0 Å². The SMILES string of the molecule is CC(C)(C)OC(=O)N1SOC[C@@H]1Cc1cnc(F)c(Cl)c1. The first-order valence-corrected chi connectivity index (χ1v) is 7.45. The van der Waals surface area contributed by atoms with E-state index in [9.17, 15) is 9.18 Å². The van der Waals surface area contributed by atoms with Gasteiger partial charge in [0.25, 0.3) is 0 Å². The van der Waals surface area contributed by atoms with Crippen molar-refractivity contribution < 1.29 is 18.1 Å². The number of hydrogen-bond acceptors (Lipinski definition) is 5.